The average molecular weight is 351 g/mol. The normalized spacial score (nSPS) is 15.7. The Balaban J connectivity index is 1.55. The second kappa shape index (κ2) is 7.94. The van der Waals surface area contributed by atoms with Crippen LogP contribution in [0, 0.1) is 11.3 Å². The number of nitrogens with one attached hydrogen (secondary N) is 2. The van der Waals surface area contributed by atoms with Crippen LogP contribution < -0.4 is 20.1 Å². The van der Waals surface area contributed by atoms with Crippen LogP contribution in [0.15, 0.2) is 60.3 Å². The molecule has 1 aliphatic heterocycles. The van der Waals surface area contributed by atoms with E-state index in [2.05, 4.69) is 10.6 Å². The number of nitriles is 1. The summed E-state index contributed by atoms with van der Waals surface area (Å²) in [4.78, 5) is 12.1. The van der Waals surface area contributed by atoms with Gasteiger partial charge in [0.15, 0.2) is 11.5 Å². The number of ether oxygens (including phenoxy) is 2. The van der Waals surface area contributed by atoms with Crippen LogP contribution in [-0.2, 0) is 4.79 Å². The lowest BCUT2D eigenvalue weighted by molar-refractivity contribution is -0.112. The van der Waals surface area contributed by atoms with E-state index in [1.165, 1.54) is 18.3 Å². The highest BCUT2D eigenvalue weighted by Gasteiger charge is 2.20. The first kappa shape index (κ1) is 17.2. The van der Waals surface area contributed by atoms with Crippen molar-refractivity contribution in [1.29, 1.82) is 5.26 Å². The molecule has 1 aliphatic rings. The Morgan fingerprint density at radius 2 is 2.08 bits per heavy atom. The summed E-state index contributed by atoms with van der Waals surface area (Å²) in [5.41, 5.74) is 0.308. The number of benzene rings is 2. The monoisotopic (exact) mass is 351 g/mol. The maximum absolute atomic E-state index is 12.1. The number of anilines is 1. The van der Waals surface area contributed by atoms with E-state index in [4.69, 9.17) is 9.47 Å². The largest absolute Gasteiger partial charge is 0.508 e. The zero-order valence-electron chi connectivity index (χ0n) is 13.8. The number of nitrogens with zero attached hydrogens (tertiary/aromatic N) is 1. The van der Waals surface area contributed by atoms with Crippen LogP contribution in [0.4, 0.5) is 5.69 Å². The molecule has 0 bridgehead atoms. The second-order valence-corrected chi connectivity index (χ2v) is 5.58. The van der Waals surface area contributed by atoms with Crippen LogP contribution in [-0.4, -0.2) is 30.3 Å². The van der Waals surface area contributed by atoms with E-state index in [1.54, 1.807) is 12.1 Å². The molecule has 0 aliphatic carbocycles. The van der Waals surface area contributed by atoms with Crippen molar-refractivity contribution in [2.45, 2.75) is 6.10 Å². The van der Waals surface area contributed by atoms with Crippen molar-refractivity contribution >= 4 is 11.6 Å². The van der Waals surface area contributed by atoms with Crippen LogP contribution in [0.3, 0.4) is 0 Å². The van der Waals surface area contributed by atoms with Crippen LogP contribution in [0.5, 0.6) is 17.2 Å². The number of hydrogen-bond acceptors (Lipinski definition) is 6. The fourth-order valence-corrected chi connectivity index (χ4v) is 2.39. The van der Waals surface area contributed by atoms with E-state index in [-0.39, 0.29) is 17.4 Å². The number of amides is 1. The average Bonchev–Trinajstić information content (AvgIpc) is 2.65. The Kier molecular flexibility index (Phi) is 5.25. The molecule has 1 atom stereocenters. The highest BCUT2D eigenvalue weighted by atomic mass is 16.6. The van der Waals surface area contributed by atoms with Gasteiger partial charge in [0.1, 0.15) is 30.1 Å². The summed E-state index contributed by atoms with van der Waals surface area (Å²) in [6, 6.07) is 15.3. The zero-order valence-corrected chi connectivity index (χ0v) is 13.8. The van der Waals surface area contributed by atoms with Crippen molar-refractivity contribution in [3.63, 3.8) is 0 Å². The summed E-state index contributed by atoms with van der Waals surface area (Å²) in [6.45, 7) is 0.744. The molecule has 7 heteroatoms. The van der Waals surface area contributed by atoms with Crippen molar-refractivity contribution in [3.05, 3.63) is 60.3 Å². The van der Waals surface area contributed by atoms with E-state index >= 15 is 0 Å². The quantitative estimate of drug-likeness (QED) is 0.563. The van der Waals surface area contributed by atoms with Crippen molar-refractivity contribution in [2.24, 2.45) is 0 Å². The van der Waals surface area contributed by atoms with Gasteiger partial charge >= 0.3 is 0 Å². The Morgan fingerprint density at radius 3 is 2.85 bits per heavy atom. The molecular formula is C19H17N3O4. The maximum Gasteiger partial charge on any atom is 0.267 e. The third-order valence-corrected chi connectivity index (χ3v) is 3.63. The Hall–Kier alpha value is -3.66. The molecule has 26 heavy (non-hydrogen) atoms. The van der Waals surface area contributed by atoms with Gasteiger partial charge in [-0.15, -0.1) is 0 Å². The fraction of sp³-hybridized carbons (Fsp3) is 0.158. The number of hydrogen-bond donors (Lipinski definition) is 3. The molecule has 132 valence electrons. The van der Waals surface area contributed by atoms with Gasteiger partial charge in [-0.25, -0.2) is 0 Å². The van der Waals surface area contributed by atoms with E-state index < -0.39 is 5.91 Å². The van der Waals surface area contributed by atoms with Gasteiger partial charge in [-0.05, 0) is 24.3 Å². The highest BCUT2D eigenvalue weighted by molar-refractivity contribution is 6.06. The predicted molar refractivity (Wildman–Crippen MR) is 94.8 cm³/mol. The number of carbonyl (C=O) groups excluding carboxylic acids is 1. The molecule has 0 saturated carbocycles. The number of aromatic hydroxyl groups is 1. The smallest absolute Gasteiger partial charge is 0.267 e. The molecule has 3 N–H and O–H groups in total. The third-order valence-electron chi connectivity index (χ3n) is 3.63. The summed E-state index contributed by atoms with van der Waals surface area (Å²) in [6.07, 6.45) is 1.09. The number of carbonyl (C=O) groups is 1. The topological polar surface area (TPSA) is 104 Å². The Labute approximate surface area is 150 Å². The van der Waals surface area contributed by atoms with E-state index in [9.17, 15) is 15.2 Å². The van der Waals surface area contributed by atoms with Crippen LogP contribution >= 0.6 is 0 Å². The van der Waals surface area contributed by atoms with Crippen molar-refractivity contribution in [2.75, 3.05) is 18.5 Å². The summed E-state index contributed by atoms with van der Waals surface area (Å²) >= 11 is 0. The molecule has 2 aromatic carbocycles. The molecule has 1 amide bonds. The van der Waals surface area contributed by atoms with Crippen LogP contribution in [0.1, 0.15) is 0 Å². The minimum absolute atomic E-state index is 0.0261. The molecule has 1 unspecified atom stereocenters. The standard InChI is InChI=1S/C19H17N3O4/c20-9-13(19(24)22-14-4-3-5-15(23)8-14)10-21-11-16-12-25-17-6-1-2-7-18(17)26-16/h1-8,10,16,21,23H,11-12H2,(H,22,24)/b13-10-. The molecule has 0 saturated heterocycles. The first-order chi connectivity index (χ1) is 12.7. The van der Waals surface area contributed by atoms with Gasteiger partial charge < -0.3 is 25.2 Å². The van der Waals surface area contributed by atoms with E-state index in [0.717, 1.165) is 0 Å². The zero-order chi connectivity index (χ0) is 18.4. The second-order valence-electron chi connectivity index (χ2n) is 5.58. The van der Waals surface area contributed by atoms with Gasteiger partial charge in [0, 0.05) is 18.0 Å². The lowest BCUT2D eigenvalue weighted by Gasteiger charge is -2.26. The number of rotatable bonds is 5. The maximum atomic E-state index is 12.1. The van der Waals surface area contributed by atoms with Crippen LogP contribution in [0.2, 0.25) is 0 Å². The van der Waals surface area contributed by atoms with Gasteiger partial charge in [0.05, 0.1) is 6.54 Å². The van der Waals surface area contributed by atoms with Gasteiger partial charge in [0.2, 0.25) is 0 Å². The van der Waals surface area contributed by atoms with Crippen molar-refractivity contribution in [1.82, 2.24) is 5.32 Å². The molecule has 3 rings (SSSR count). The molecule has 7 nitrogen and oxygen atoms in total. The first-order valence-electron chi connectivity index (χ1n) is 7.98. The predicted octanol–water partition coefficient (Wildman–Crippen LogP) is 2.17. The van der Waals surface area contributed by atoms with Gasteiger partial charge in [-0.1, -0.05) is 18.2 Å². The lowest BCUT2D eigenvalue weighted by atomic mass is 10.2. The minimum Gasteiger partial charge on any atom is -0.508 e. The molecule has 1 heterocycles. The van der Waals surface area contributed by atoms with E-state index in [0.29, 0.717) is 30.3 Å². The van der Waals surface area contributed by atoms with Crippen molar-refractivity contribution in [3.8, 4) is 23.3 Å². The SMILES string of the molecule is N#C/C(=C/NCC1COc2ccccc2O1)C(=O)Nc1cccc(O)c1. The minimum atomic E-state index is -0.572. The molecule has 0 radical (unpaired) electrons. The van der Waals surface area contributed by atoms with Gasteiger partial charge in [0.25, 0.3) is 5.91 Å². The third kappa shape index (κ3) is 4.24. The summed E-state index contributed by atoms with van der Waals surface area (Å²) < 4.78 is 11.4. The molecule has 0 spiro atoms. The number of phenolic OH excluding ortho intramolecular Hbond substituents is 1. The lowest BCUT2D eigenvalue weighted by Crippen LogP contribution is -2.37. The van der Waals surface area contributed by atoms with Crippen molar-refractivity contribution < 1.29 is 19.4 Å². The van der Waals surface area contributed by atoms with E-state index in [1.807, 2.05) is 30.3 Å². The summed E-state index contributed by atoms with van der Waals surface area (Å²) in [7, 11) is 0. The van der Waals surface area contributed by atoms with Gasteiger partial charge in [-0.3, -0.25) is 4.79 Å². The summed E-state index contributed by atoms with van der Waals surface area (Å²) in [5.74, 6) is 0.814. The number of phenols is 1. The molecular weight excluding hydrogens is 334 g/mol. The molecule has 2 aromatic rings. The highest BCUT2D eigenvalue weighted by Crippen LogP contribution is 2.30. The Bertz CT molecular complexity index is 873. The fourth-order valence-electron chi connectivity index (χ4n) is 2.39. The van der Waals surface area contributed by atoms with Crippen LogP contribution in [0.25, 0.3) is 0 Å². The number of para-hydroxylation sites is 2. The molecule has 0 aromatic heterocycles. The van der Waals surface area contributed by atoms with Gasteiger partial charge in [-0.2, -0.15) is 5.26 Å². The molecule has 0 fully saturated rings. The Morgan fingerprint density at radius 1 is 1.27 bits per heavy atom. The number of fused-ring (bicyclic) bond motifs is 1. The first-order valence-corrected chi connectivity index (χ1v) is 7.98. The summed E-state index contributed by atoms with van der Waals surface area (Å²) in [5, 5.41) is 24.0.